The Bertz CT molecular complexity index is 802. The summed E-state index contributed by atoms with van der Waals surface area (Å²) in [7, 11) is 0. The number of carbonyl (C=O) groups is 1. The second kappa shape index (κ2) is 7.06. The summed E-state index contributed by atoms with van der Waals surface area (Å²) in [6.07, 6.45) is -3.70. The van der Waals surface area contributed by atoms with Crippen molar-refractivity contribution < 1.29 is 22.4 Å². The molecule has 138 valence electrons. The maximum atomic E-state index is 13.9. The Kier molecular flexibility index (Phi) is 4.99. The van der Waals surface area contributed by atoms with Crippen molar-refractivity contribution in [1.82, 2.24) is 14.9 Å². The van der Waals surface area contributed by atoms with Crippen molar-refractivity contribution >= 4 is 23.3 Å². The third-order valence-electron chi connectivity index (χ3n) is 4.01. The number of benzene rings is 1. The molecule has 0 atom stereocenters. The summed E-state index contributed by atoms with van der Waals surface area (Å²) in [4.78, 5) is 22.6. The second-order valence-electron chi connectivity index (χ2n) is 5.64. The fourth-order valence-electron chi connectivity index (χ4n) is 2.67. The van der Waals surface area contributed by atoms with Gasteiger partial charge in [-0.05, 0) is 12.1 Å². The Morgan fingerprint density at radius 1 is 1.12 bits per heavy atom. The molecule has 0 radical (unpaired) electrons. The van der Waals surface area contributed by atoms with Crippen LogP contribution in [0.5, 0.6) is 0 Å². The van der Waals surface area contributed by atoms with Crippen molar-refractivity contribution in [3.05, 3.63) is 52.7 Å². The van der Waals surface area contributed by atoms with E-state index in [0.29, 0.717) is 0 Å². The van der Waals surface area contributed by atoms with Crippen LogP contribution in [0, 0.1) is 5.82 Å². The lowest BCUT2D eigenvalue weighted by atomic mass is 10.1. The van der Waals surface area contributed by atoms with Gasteiger partial charge in [-0.3, -0.25) is 4.79 Å². The predicted octanol–water partition coefficient (Wildman–Crippen LogP) is 3.25. The lowest BCUT2D eigenvalue weighted by Gasteiger charge is -2.35. The number of hydrogen-bond donors (Lipinski definition) is 0. The topological polar surface area (TPSA) is 49.3 Å². The van der Waals surface area contributed by atoms with Gasteiger partial charge in [-0.2, -0.15) is 13.2 Å². The van der Waals surface area contributed by atoms with Gasteiger partial charge in [-0.25, -0.2) is 14.4 Å². The molecule has 1 aliphatic rings. The zero-order chi connectivity index (χ0) is 18.9. The summed E-state index contributed by atoms with van der Waals surface area (Å²) in [5.74, 6) is -1.13. The minimum Gasteiger partial charge on any atom is -0.353 e. The fourth-order valence-corrected chi connectivity index (χ4v) is 2.92. The van der Waals surface area contributed by atoms with Gasteiger partial charge in [0.05, 0.1) is 10.6 Å². The lowest BCUT2D eigenvalue weighted by Crippen LogP contribution is -2.49. The van der Waals surface area contributed by atoms with Crippen LogP contribution < -0.4 is 4.90 Å². The average molecular weight is 389 g/mol. The maximum absolute atomic E-state index is 13.9. The van der Waals surface area contributed by atoms with Crippen LogP contribution >= 0.6 is 11.6 Å². The summed E-state index contributed by atoms with van der Waals surface area (Å²) in [5, 5.41) is 0.0167. The van der Waals surface area contributed by atoms with Crippen molar-refractivity contribution in [3.63, 3.8) is 0 Å². The molecular formula is C16H13ClF4N4O. The van der Waals surface area contributed by atoms with E-state index >= 15 is 0 Å². The molecule has 10 heteroatoms. The molecule has 0 spiro atoms. The Morgan fingerprint density at radius 2 is 1.81 bits per heavy atom. The SMILES string of the molecule is O=C(c1c(F)cccc1Cl)N1CCN(c2cc(C(F)(F)F)ncn2)CC1. The largest absolute Gasteiger partial charge is 0.433 e. The minimum absolute atomic E-state index is 0.0167. The molecule has 1 amide bonds. The number of rotatable bonds is 2. The van der Waals surface area contributed by atoms with Crippen LogP contribution in [0.1, 0.15) is 16.1 Å². The number of anilines is 1. The molecule has 26 heavy (non-hydrogen) atoms. The normalized spacial score (nSPS) is 15.3. The molecule has 0 N–H and O–H groups in total. The highest BCUT2D eigenvalue weighted by atomic mass is 35.5. The van der Waals surface area contributed by atoms with Crippen LogP contribution in [0.2, 0.25) is 5.02 Å². The number of nitrogens with zero attached hydrogens (tertiary/aromatic N) is 4. The van der Waals surface area contributed by atoms with E-state index in [1.807, 2.05) is 0 Å². The number of alkyl halides is 3. The van der Waals surface area contributed by atoms with Crippen molar-refractivity contribution in [2.75, 3.05) is 31.1 Å². The number of carbonyl (C=O) groups excluding carboxylic acids is 1. The van der Waals surface area contributed by atoms with Crippen molar-refractivity contribution in [3.8, 4) is 0 Å². The van der Waals surface area contributed by atoms with Gasteiger partial charge < -0.3 is 9.80 Å². The Labute approximate surface area is 151 Å². The molecule has 5 nitrogen and oxygen atoms in total. The quantitative estimate of drug-likeness (QED) is 0.741. The monoisotopic (exact) mass is 388 g/mol. The van der Waals surface area contributed by atoms with Gasteiger partial charge in [0.2, 0.25) is 0 Å². The van der Waals surface area contributed by atoms with Gasteiger partial charge >= 0.3 is 6.18 Å². The van der Waals surface area contributed by atoms with E-state index in [9.17, 15) is 22.4 Å². The van der Waals surface area contributed by atoms with E-state index in [2.05, 4.69) is 9.97 Å². The van der Waals surface area contributed by atoms with E-state index in [1.165, 1.54) is 17.0 Å². The summed E-state index contributed by atoms with van der Waals surface area (Å²) >= 11 is 5.91. The number of piperazine rings is 1. The van der Waals surface area contributed by atoms with Crippen LogP contribution in [0.4, 0.5) is 23.4 Å². The number of halogens is 5. The van der Waals surface area contributed by atoms with Gasteiger partial charge in [0.25, 0.3) is 5.91 Å². The third kappa shape index (κ3) is 3.72. The fraction of sp³-hybridized carbons (Fsp3) is 0.312. The average Bonchev–Trinajstić information content (AvgIpc) is 2.61. The molecule has 0 bridgehead atoms. The van der Waals surface area contributed by atoms with E-state index in [0.717, 1.165) is 18.5 Å². The van der Waals surface area contributed by atoms with Gasteiger partial charge in [-0.15, -0.1) is 0 Å². The highest BCUT2D eigenvalue weighted by Crippen LogP contribution is 2.29. The molecule has 1 fully saturated rings. The molecule has 1 aromatic heterocycles. The van der Waals surface area contributed by atoms with Gasteiger partial charge in [0.15, 0.2) is 0 Å². The van der Waals surface area contributed by atoms with Crippen LogP contribution in [0.3, 0.4) is 0 Å². The lowest BCUT2D eigenvalue weighted by molar-refractivity contribution is -0.141. The molecule has 0 unspecified atom stereocenters. The molecular weight excluding hydrogens is 376 g/mol. The molecule has 1 saturated heterocycles. The van der Waals surface area contributed by atoms with E-state index in [1.54, 1.807) is 4.90 Å². The zero-order valence-electron chi connectivity index (χ0n) is 13.3. The zero-order valence-corrected chi connectivity index (χ0v) is 14.1. The van der Waals surface area contributed by atoms with Crippen molar-refractivity contribution in [2.24, 2.45) is 0 Å². The van der Waals surface area contributed by atoms with E-state index < -0.39 is 23.6 Å². The highest BCUT2D eigenvalue weighted by Gasteiger charge is 2.34. The Hall–Kier alpha value is -2.42. The van der Waals surface area contributed by atoms with Crippen molar-refractivity contribution in [1.29, 1.82) is 0 Å². The summed E-state index contributed by atoms with van der Waals surface area (Å²) < 4.78 is 52.2. The first-order valence-electron chi connectivity index (χ1n) is 7.65. The molecule has 1 aliphatic heterocycles. The molecule has 0 saturated carbocycles. The van der Waals surface area contributed by atoms with E-state index in [4.69, 9.17) is 11.6 Å². The smallest absolute Gasteiger partial charge is 0.353 e. The van der Waals surface area contributed by atoms with Crippen molar-refractivity contribution in [2.45, 2.75) is 6.18 Å². The first-order valence-corrected chi connectivity index (χ1v) is 8.02. The molecule has 3 rings (SSSR count). The third-order valence-corrected chi connectivity index (χ3v) is 4.33. The number of amides is 1. The Balaban J connectivity index is 1.71. The maximum Gasteiger partial charge on any atom is 0.433 e. The number of hydrogen-bond acceptors (Lipinski definition) is 4. The van der Waals surface area contributed by atoms with Gasteiger partial charge in [-0.1, -0.05) is 17.7 Å². The van der Waals surface area contributed by atoms with Gasteiger partial charge in [0, 0.05) is 32.2 Å². The first kappa shape index (κ1) is 18.4. The molecule has 2 heterocycles. The molecule has 2 aromatic rings. The highest BCUT2D eigenvalue weighted by molar-refractivity contribution is 6.33. The van der Waals surface area contributed by atoms with Crippen LogP contribution in [0.15, 0.2) is 30.6 Å². The molecule has 0 aliphatic carbocycles. The van der Waals surface area contributed by atoms with E-state index in [-0.39, 0.29) is 42.6 Å². The summed E-state index contributed by atoms with van der Waals surface area (Å²) in [5.41, 5.74) is -1.23. The first-order chi connectivity index (χ1) is 12.3. The van der Waals surface area contributed by atoms with Crippen LogP contribution in [-0.4, -0.2) is 47.0 Å². The van der Waals surface area contributed by atoms with Crippen LogP contribution in [-0.2, 0) is 6.18 Å². The number of aromatic nitrogens is 2. The summed E-state index contributed by atoms with van der Waals surface area (Å²) in [6, 6.07) is 4.84. The van der Waals surface area contributed by atoms with Crippen LogP contribution in [0.25, 0.3) is 0 Å². The molecule has 1 aromatic carbocycles. The van der Waals surface area contributed by atoms with Gasteiger partial charge in [0.1, 0.15) is 23.7 Å². The minimum atomic E-state index is -4.56. The predicted molar refractivity (Wildman–Crippen MR) is 86.6 cm³/mol. The second-order valence-corrected chi connectivity index (χ2v) is 6.04. The summed E-state index contributed by atoms with van der Waals surface area (Å²) in [6.45, 7) is 0.919. The standard InChI is InChI=1S/C16H13ClF4N4O/c17-10-2-1-3-11(18)14(10)15(26)25-6-4-24(5-7-25)13-8-12(16(19,20)21)22-9-23-13/h1-3,8-9H,4-7H2. The Morgan fingerprint density at radius 3 is 2.42 bits per heavy atom.